The van der Waals surface area contributed by atoms with E-state index in [0.717, 1.165) is 29.0 Å². The summed E-state index contributed by atoms with van der Waals surface area (Å²) in [4.78, 5) is 12.1. The van der Waals surface area contributed by atoms with Crippen LogP contribution in [0.25, 0.3) is 0 Å². The summed E-state index contributed by atoms with van der Waals surface area (Å²) in [6.07, 6.45) is 1.50. The van der Waals surface area contributed by atoms with Crippen molar-refractivity contribution in [1.29, 1.82) is 0 Å². The molecule has 0 unspecified atom stereocenters. The predicted octanol–water partition coefficient (Wildman–Crippen LogP) is 3.73. The van der Waals surface area contributed by atoms with Gasteiger partial charge in [-0.25, -0.2) is 5.01 Å². The standard InChI is InChI=1S/C19H17N3O2S/c23-18-20-19(10-11-25-18)22-16(14-8-4-5-9-17(14)24-19)12-15(21-22)13-6-2-1-3-7-13/h1-9,16H,10-12H2,(H,20,23)/t16-,19-/m0/s1. The zero-order chi connectivity index (χ0) is 16.9. The number of ether oxygens (including phenoxy) is 1. The smallest absolute Gasteiger partial charge is 0.283 e. The number of hydrogen-bond acceptors (Lipinski definition) is 5. The number of rotatable bonds is 1. The third-order valence-electron chi connectivity index (χ3n) is 4.92. The van der Waals surface area contributed by atoms with E-state index in [1.54, 1.807) is 0 Å². The summed E-state index contributed by atoms with van der Waals surface area (Å²) in [6.45, 7) is 0. The van der Waals surface area contributed by atoms with Gasteiger partial charge in [0.25, 0.3) is 11.1 Å². The lowest BCUT2D eigenvalue weighted by Crippen LogP contribution is -2.65. The molecule has 2 aromatic rings. The van der Waals surface area contributed by atoms with Gasteiger partial charge in [0.2, 0.25) is 0 Å². The highest BCUT2D eigenvalue weighted by molar-refractivity contribution is 8.13. The highest BCUT2D eigenvalue weighted by atomic mass is 32.2. The third kappa shape index (κ3) is 2.32. The Morgan fingerprint density at radius 1 is 1.16 bits per heavy atom. The van der Waals surface area contributed by atoms with Gasteiger partial charge in [-0.05, 0) is 11.6 Å². The molecule has 3 aliphatic heterocycles. The van der Waals surface area contributed by atoms with Crippen LogP contribution in [-0.2, 0) is 0 Å². The number of thioether (sulfide) groups is 1. The molecule has 2 atom stereocenters. The fraction of sp³-hybridized carbons (Fsp3) is 0.263. The van der Waals surface area contributed by atoms with Crippen molar-refractivity contribution in [3.8, 4) is 5.75 Å². The minimum Gasteiger partial charge on any atom is -0.448 e. The van der Waals surface area contributed by atoms with Crippen LogP contribution in [0.15, 0.2) is 59.7 Å². The zero-order valence-electron chi connectivity index (χ0n) is 13.5. The number of benzene rings is 2. The number of hydrazone groups is 1. The Kier molecular flexibility index (Phi) is 3.28. The number of amides is 1. The minimum atomic E-state index is -0.891. The van der Waals surface area contributed by atoms with Crippen molar-refractivity contribution < 1.29 is 9.53 Å². The maximum atomic E-state index is 12.1. The largest absolute Gasteiger partial charge is 0.448 e. The Balaban J connectivity index is 1.62. The van der Waals surface area contributed by atoms with E-state index in [9.17, 15) is 4.79 Å². The summed E-state index contributed by atoms with van der Waals surface area (Å²) in [6, 6.07) is 18.3. The summed E-state index contributed by atoms with van der Waals surface area (Å²) in [7, 11) is 0. The molecule has 25 heavy (non-hydrogen) atoms. The molecule has 126 valence electrons. The maximum Gasteiger partial charge on any atom is 0.283 e. The molecule has 6 heteroatoms. The van der Waals surface area contributed by atoms with E-state index in [2.05, 4.69) is 23.5 Å². The van der Waals surface area contributed by atoms with E-state index >= 15 is 0 Å². The number of para-hydroxylation sites is 1. The van der Waals surface area contributed by atoms with Gasteiger partial charge < -0.3 is 4.74 Å². The molecule has 1 spiro atoms. The van der Waals surface area contributed by atoms with Crippen molar-refractivity contribution >= 4 is 22.7 Å². The van der Waals surface area contributed by atoms with E-state index in [-0.39, 0.29) is 11.3 Å². The molecule has 5 rings (SSSR count). The monoisotopic (exact) mass is 351 g/mol. The van der Waals surface area contributed by atoms with Crippen molar-refractivity contribution in [1.82, 2.24) is 10.3 Å². The molecule has 0 radical (unpaired) electrons. The molecule has 5 nitrogen and oxygen atoms in total. The first kappa shape index (κ1) is 14.8. The molecule has 3 heterocycles. The second-order valence-electron chi connectivity index (χ2n) is 6.41. The van der Waals surface area contributed by atoms with E-state index in [4.69, 9.17) is 9.84 Å². The summed E-state index contributed by atoms with van der Waals surface area (Å²) in [5.74, 6) is 0.658. The van der Waals surface area contributed by atoms with Gasteiger partial charge in [0, 0.05) is 24.2 Å². The van der Waals surface area contributed by atoms with Gasteiger partial charge >= 0.3 is 0 Å². The molecule has 0 bridgehead atoms. The first-order valence-electron chi connectivity index (χ1n) is 8.40. The quantitative estimate of drug-likeness (QED) is 0.851. The Morgan fingerprint density at radius 3 is 2.80 bits per heavy atom. The fourth-order valence-corrected chi connectivity index (χ4v) is 4.55. The average Bonchev–Trinajstić information content (AvgIpc) is 3.09. The normalized spacial score (nSPS) is 27.2. The zero-order valence-corrected chi connectivity index (χ0v) is 14.3. The highest BCUT2D eigenvalue weighted by Crippen LogP contribution is 2.48. The second kappa shape index (κ2) is 5.52. The fourth-order valence-electron chi connectivity index (χ4n) is 3.76. The number of hydrogen-bond donors (Lipinski definition) is 1. The van der Waals surface area contributed by atoms with Gasteiger partial charge in [-0.1, -0.05) is 60.3 Å². The van der Waals surface area contributed by atoms with Crippen molar-refractivity contribution in [3.05, 3.63) is 65.7 Å². The predicted molar refractivity (Wildman–Crippen MR) is 97.6 cm³/mol. The van der Waals surface area contributed by atoms with Crippen LogP contribution in [0, 0.1) is 0 Å². The Labute approximate surface area is 150 Å². The van der Waals surface area contributed by atoms with Gasteiger partial charge in [-0.15, -0.1) is 0 Å². The number of carbonyl (C=O) groups is 1. The van der Waals surface area contributed by atoms with Gasteiger partial charge in [0.05, 0.1) is 11.8 Å². The Hall–Kier alpha value is -2.47. The first-order valence-corrected chi connectivity index (χ1v) is 9.39. The average molecular weight is 351 g/mol. The highest BCUT2D eigenvalue weighted by Gasteiger charge is 2.52. The molecule has 3 aliphatic rings. The van der Waals surface area contributed by atoms with Crippen LogP contribution in [0.4, 0.5) is 4.79 Å². The van der Waals surface area contributed by atoms with Crippen LogP contribution >= 0.6 is 11.8 Å². The molecule has 1 N–H and O–H groups in total. The van der Waals surface area contributed by atoms with E-state index in [0.29, 0.717) is 12.2 Å². The second-order valence-corrected chi connectivity index (χ2v) is 7.48. The summed E-state index contributed by atoms with van der Waals surface area (Å²) in [5.41, 5.74) is 3.26. The molecule has 2 aromatic carbocycles. The molecule has 1 amide bonds. The van der Waals surface area contributed by atoms with Crippen molar-refractivity contribution in [2.45, 2.75) is 24.7 Å². The molecule has 1 fully saturated rings. The third-order valence-corrected chi connectivity index (χ3v) is 5.69. The van der Waals surface area contributed by atoms with Crippen LogP contribution in [0.5, 0.6) is 5.75 Å². The SMILES string of the molecule is O=C1N[C@]2(CCS1)Oc1ccccc1[C@@H]1CC(c3ccccc3)=NN12. The van der Waals surface area contributed by atoms with Gasteiger partial charge in [-0.3, -0.25) is 10.1 Å². The van der Waals surface area contributed by atoms with Crippen LogP contribution in [-0.4, -0.2) is 27.6 Å². The number of nitrogens with zero attached hydrogens (tertiary/aromatic N) is 2. The van der Waals surface area contributed by atoms with E-state index in [1.165, 1.54) is 11.8 Å². The Bertz CT molecular complexity index is 870. The number of fused-ring (bicyclic) bond motifs is 4. The lowest BCUT2D eigenvalue weighted by Gasteiger charge is -2.48. The maximum absolute atomic E-state index is 12.1. The van der Waals surface area contributed by atoms with Gasteiger partial charge in [-0.2, -0.15) is 5.10 Å². The first-order chi connectivity index (χ1) is 12.3. The molecule has 1 saturated heterocycles. The molecular weight excluding hydrogens is 334 g/mol. The van der Waals surface area contributed by atoms with Crippen LogP contribution in [0.3, 0.4) is 0 Å². The number of carbonyl (C=O) groups excluding carboxylic acids is 1. The van der Waals surface area contributed by atoms with E-state index < -0.39 is 5.85 Å². The van der Waals surface area contributed by atoms with Crippen LogP contribution < -0.4 is 10.1 Å². The topological polar surface area (TPSA) is 53.9 Å². The van der Waals surface area contributed by atoms with Crippen molar-refractivity contribution in [2.24, 2.45) is 5.10 Å². The van der Waals surface area contributed by atoms with Crippen molar-refractivity contribution in [2.75, 3.05) is 5.75 Å². The van der Waals surface area contributed by atoms with Crippen LogP contribution in [0.2, 0.25) is 0 Å². The molecule has 0 aliphatic carbocycles. The number of nitrogens with one attached hydrogen (secondary N) is 1. The Morgan fingerprint density at radius 2 is 1.96 bits per heavy atom. The molecule has 0 saturated carbocycles. The summed E-state index contributed by atoms with van der Waals surface area (Å²) < 4.78 is 6.30. The van der Waals surface area contributed by atoms with Gasteiger partial charge in [0.15, 0.2) is 0 Å². The lowest BCUT2D eigenvalue weighted by atomic mass is 9.95. The summed E-state index contributed by atoms with van der Waals surface area (Å²) >= 11 is 1.29. The molecular formula is C19H17N3O2S. The van der Waals surface area contributed by atoms with Gasteiger partial charge in [0.1, 0.15) is 5.75 Å². The van der Waals surface area contributed by atoms with E-state index in [1.807, 2.05) is 41.4 Å². The lowest BCUT2D eigenvalue weighted by molar-refractivity contribution is -0.135. The minimum absolute atomic E-state index is 0.0623. The summed E-state index contributed by atoms with van der Waals surface area (Å²) in [5, 5.41) is 9.83. The molecule has 0 aromatic heterocycles. The van der Waals surface area contributed by atoms with Crippen LogP contribution in [0.1, 0.15) is 30.0 Å². The van der Waals surface area contributed by atoms with Crippen molar-refractivity contribution in [3.63, 3.8) is 0 Å².